The van der Waals surface area contributed by atoms with Crippen LogP contribution in [0.4, 0.5) is 5.69 Å². The van der Waals surface area contributed by atoms with E-state index in [0.717, 1.165) is 16.3 Å². The van der Waals surface area contributed by atoms with Crippen molar-refractivity contribution in [2.45, 2.75) is 20.8 Å². The van der Waals surface area contributed by atoms with E-state index in [1.807, 2.05) is 25.1 Å². The van der Waals surface area contributed by atoms with Gasteiger partial charge in [0.15, 0.2) is 0 Å². The summed E-state index contributed by atoms with van der Waals surface area (Å²) < 4.78 is 0. The highest BCUT2D eigenvalue weighted by Gasteiger charge is 2.14. The Hall–Kier alpha value is -2.10. The maximum absolute atomic E-state index is 12.2. The highest BCUT2D eigenvalue weighted by molar-refractivity contribution is 6.09. The van der Waals surface area contributed by atoms with Gasteiger partial charge in [0.05, 0.1) is 0 Å². The summed E-state index contributed by atoms with van der Waals surface area (Å²) in [5, 5.41) is 4.61. The predicted molar refractivity (Wildman–Crippen MR) is 78.1 cm³/mol. The largest absolute Gasteiger partial charge is 0.398 e. The van der Waals surface area contributed by atoms with Crippen LogP contribution < -0.4 is 11.1 Å². The van der Waals surface area contributed by atoms with Gasteiger partial charge in [-0.1, -0.05) is 19.9 Å². The maximum atomic E-state index is 12.2. The SMILES string of the molecule is Cc1ccc(N)c2ccnc(C(=O)NCC(C)C)c12. The molecule has 0 saturated carbocycles. The van der Waals surface area contributed by atoms with E-state index in [0.29, 0.717) is 23.8 Å². The van der Waals surface area contributed by atoms with E-state index < -0.39 is 0 Å². The van der Waals surface area contributed by atoms with Gasteiger partial charge in [-0.15, -0.1) is 0 Å². The second-order valence-electron chi connectivity index (χ2n) is 5.16. The summed E-state index contributed by atoms with van der Waals surface area (Å²) in [5.41, 5.74) is 8.08. The Kier molecular flexibility index (Phi) is 3.69. The van der Waals surface area contributed by atoms with Crippen LogP contribution in [0.25, 0.3) is 10.8 Å². The Morgan fingerprint density at radius 2 is 2.11 bits per heavy atom. The molecule has 3 N–H and O–H groups in total. The first-order valence-electron chi connectivity index (χ1n) is 6.42. The van der Waals surface area contributed by atoms with Gasteiger partial charge in [-0.25, -0.2) is 0 Å². The van der Waals surface area contributed by atoms with Crippen LogP contribution in [0, 0.1) is 12.8 Å². The van der Waals surface area contributed by atoms with E-state index in [-0.39, 0.29) is 5.91 Å². The molecule has 4 nitrogen and oxygen atoms in total. The number of anilines is 1. The molecule has 19 heavy (non-hydrogen) atoms. The molecule has 1 heterocycles. The topological polar surface area (TPSA) is 68.0 Å². The van der Waals surface area contributed by atoms with Gasteiger partial charge in [0.2, 0.25) is 0 Å². The van der Waals surface area contributed by atoms with Crippen LogP contribution in [-0.4, -0.2) is 17.4 Å². The van der Waals surface area contributed by atoms with Crippen LogP contribution in [0.3, 0.4) is 0 Å². The fraction of sp³-hybridized carbons (Fsp3) is 0.333. The van der Waals surface area contributed by atoms with E-state index in [4.69, 9.17) is 5.73 Å². The van der Waals surface area contributed by atoms with Gasteiger partial charge < -0.3 is 11.1 Å². The summed E-state index contributed by atoms with van der Waals surface area (Å²) in [5.74, 6) is 0.262. The molecule has 0 radical (unpaired) electrons. The molecule has 0 unspecified atom stereocenters. The molecule has 0 atom stereocenters. The predicted octanol–water partition coefficient (Wildman–Crippen LogP) is 2.51. The number of pyridine rings is 1. The van der Waals surface area contributed by atoms with E-state index >= 15 is 0 Å². The van der Waals surface area contributed by atoms with Gasteiger partial charge in [-0.2, -0.15) is 0 Å². The summed E-state index contributed by atoms with van der Waals surface area (Å²) in [6, 6.07) is 5.61. The minimum Gasteiger partial charge on any atom is -0.398 e. The van der Waals surface area contributed by atoms with Crippen LogP contribution in [0.2, 0.25) is 0 Å². The number of hydrogen-bond acceptors (Lipinski definition) is 3. The molecule has 1 amide bonds. The highest BCUT2D eigenvalue weighted by atomic mass is 16.1. The average Bonchev–Trinajstić information content (AvgIpc) is 2.39. The molecule has 1 aromatic carbocycles. The molecule has 1 aromatic heterocycles. The summed E-state index contributed by atoms with van der Waals surface area (Å²) in [6.07, 6.45) is 1.63. The van der Waals surface area contributed by atoms with E-state index in [1.54, 1.807) is 6.20 Å². The number of carbonyl (C=O) groups excluding carboxylic acids is 1. The van der Waals surface area contributed by atoms with Crippen molar-refractivity contribution in [3.63, 3.8) is 0 Å². The maximum Gasteiger partial charge on any atom is 0.270 e. The van der Waals surface area contributed by atoms with Gasteiger partial charge in [0, 0.05) is 29.2 Å². The molecular weight excluding hydrogens is 238 g/mol. The number of carbonyl (C=O) groups is 1. The number of amides is 1. The normalized spacial score (nSPS) is 10.9. The number of rotatable bonds is 3. The lowest BCUT2D eigenvalue weighted by molar-refractivity contribution is 0.0946. The molecule has 4 heteroatoms. The number of aryl methyl sites for hydroxylation is 1. The minimum atomic E-state index is -0.145. The zero-order valence-electron chi connectivity index (χ0n) is 11.5. The van der Waals surface area contributed by atoms with Crippen molar-refractivity contribution in [2.24, 2.45) is 5.92 Å². The van der Waals surface area contributed by atoms with Crippen molar-refractivity contribution in [3.05, 3.63) is 35.7 Å². The summed E-state index contributed by atoms with van der Waals surface area (Å²) in [7, 11) is 0. The number of nitrogens with zero attached hydrogens (tertiary/aromatic N) is 1. The molecule has 0 aliphatic rings. The third-order valence-electron chi connectivity index (χ3n) is 3.06. The number of nitrogen functional groups attached to an aromatic ring is 1. The van der Waals surface area contributed by atoms with Crippen molar-refractivity contribution in [3.8, 4) is 0 Å². The third-order valence-corrected chi connectivity index (χ3v) is 3.06. The molecule has 0 aliphatic carbocycles. The van der Waals surface area contributed by atoms with E-state index in [9.17, 15) is 4.79 Å². The number of hydrogen-bond donors (Lipinski definition) is 2. The number of benzene rings is 1. The number of nitrogens with one attached hydrogen (secondary N) is 1. The molecule has 2 rings (SSSR count). The summed E-state index contributed by atoms with van der Waals surface area (Å²) in [6.45, 7) is 6.71. The lowest BCUT2D eigenvalue weighted by Crippen LogP contribution is -2.28. The first-order chi connectivity index (χ1) is 9.00. The minimum absolute atomic E-state index is 0.145. The summed E-state index contributed by atoms with van der Waals surface area (Å²) >= 11 is 0. The van der Waals surface area contributed by atoms with Gasteiger partial charge in [-0.05, 0) is 30.5 Å². The number of nitrogens with two attached hydrogens (primary N) is 1. The Bertz CT molecular complexity index is 620. The van der Waals surface area contributed by atoms with Crippen LogP contribution in [-0.2, 0) is 0 Å². The van der Waals surface area contributed by atoms with Crippen molar-refractivity contribution in [2.75, 3.05) is 12.3 Å². The van der Waals surface area contributed by atoms with Crippen molar-refractivity contribution >= 4 is 22.4 Å². The zero-order valence-corrected chi connectivity index (χ0v) is 11.5. The van der Waals surface area contributed by atoms with Crippen LogP contribution in [0.1, 0.15) is 29.9 Å². The second kappa shape index (κ2) is 5.26. The van der Waals surface area contributed by atoms with Crippen molar-refractivity contribution < 1.29 is 4.79 Å². The lowest BCUT2D eigenvalue weighted by atomic mass is 10.0. The fourth-order valence-corrected chi connectivity index (χ4v) is 2.04. The van der Waals surface area contributed by atoms with E-state index in [2.05, 4.69) is 24.1 Å². The first-order valence-corrected chi connectivity index (χ1v) is 6.42. The molecule has 2 aromatic rings. The fourth-order valence-electron chi connectivity index (χ4n) is 2.04. The smallest absolute Gasteiger partial charge is 0.270 e. The lowest BCUT2D eigenvalue weighted by Gasteiger charge is -2.11. The molecule has 0 aliphatic heterocycles. The van der Waals surface area contributed by atoms with Gasteiger partial charge >= 0.3 is 0 Å². The van der Waals surface area contributed by atoms with Crippen LogP contribution in [0.5, 0.6) is 0 Å². The Morgan fingerprint density at radius 1 is 1.37 bits per heavy atom. The molecular formula is C15H19N3O. The molecule has 0 spiro atoms. The molecule has 0 bridgehead atoms. The van der Waals surface area contributed by atoms with Gasteiger partial charge in [0.25, 0.3) is 5.91 Å². The Morgan fingerprint density at radius 3 is 2.79 bits per heavy atom. The molecule has 0 saturated heterocycles. The molecule has 100 valence electrons. The molecule has 0 fully saturated rings. The standard InChI is InChI=1S/C15H19N3O/c1-9(2)8-18-15(19)14-13-10(3)4-5-12(16)11(13)6-7-17-14/h4-7,9H,8,16H2,1-3H3,(H,18,19). The quantitative estimate of drug-likeness (QED) is 0.830. The zero-order chi connectivity index (χ0) is 14.0. The second-order valence-corrected chi connectivity index (χ2v) is 5.16. The van der Waals surface area contributed by atoms with Crippen LogP contribution in [0.15, 0.2) is 24.4 Å². The van der Waals surface area contributed by atoms with E-state index in [1.165, 1.54) is 0 Å². The van der Waals surface area contributed by atoms with Crippen molar-refractivity contribution in [1.29, 1.82) is 0 Å². The van der Waals surface area contributed by atoms with Gasteiger partial charge in [-0.3, -0.25) is 9.78 Å². The number of aromatic nitrogens is 1. The number of fused-ring (bicyclic) bond motifs is 1. The summed E-state index contributed by atoms with van der Waals surface area (Å²) in [4.78, 5) is 16.4. The van der Waals surface area contributed by atoms with Crippen LogP contribution >= 0.6 is 0 Å². The Labute approximate surface area is 113 Å². The monoisotopic (exact) mass is 257 g/mol. The van der Waals surface area contributed by atoms with Crippen molar-refractivity contribution in [1.82, 2.24) is 10.3 Å². The third kappa shape index (κ3) is 2.67. The average molecular weight is 257 g/mol. The van der Waals surface area contributed by atoms with Gasteiger partial charge in [0.1, 0.15) is 5.69 Å². The first kappa shape index (κ1) is 13.3. The Balaban J connectivity index is 2.49. The highest BCUT2D eigenvalue weighted by Crippen LogP contribution is 2.26.